The minimum atomic E-state index is -0.907. The number of esters is 1. The van der Waals surface area contributed by atoms with Crippen LogP contribution in [0.25, 0.3) is 27.7 Å². The number of fused-ring (bicyclic) bond motifs is 5. The lowest BCUT2D eigenvalue weighted by Gasteiger charge is -2.24. The van der Waals surface area contributed by atoms with Gasteiger partial charge in [-0.1, -0.05) is 49.6 Å². The SMILES string of the molecule is COC(=O)c1ccc2c(C3CCCCC3)c3n(c2c1)CC(C(=O)O)=C(C)c1ccccc1-3. The van der Waals surface area contributed by atoms with E-state index in [4.69, 9.17) is 4.74 Å². The van der Waals surface area contributed by atoms with Crippen molar-refractivity contribution in [3.8, 4) is 11.3 Å². The monoisotopic (exact) mass is 429 g/mol. The van der Waals surface area contributed by atoms with Crippen LogP contribution in [0.2, 0.25) is 0 Å². The van der Waals surface area contributed by atoms with Crippen molar-refractivity contribution < 1.29 is 19.4 Å². The third-order valence-electron chi connectivity index (χ3n) is 7.15. The Labute approximate surface area is 187 Å². The normalized spacial score (nSPS) is 16.4. The standard InChI is InChI=1S/C27H27NO4/c1-16-19-10-6-7-11-20(19)25-24(17-8-4-3-5-9-17)21-13-12-18(27(31)32-2)14-23(21)28(25)15-22(16)26(29)30/h6-7,10-14,17H,3-5,8-9,15H2,1-2H3,(H,29,30). The number of carbonyl (C=O) groups is 2. The molecule has 1 N–H and O–H groups in total. The van der Waals surface area contributed by atoms with E-state index in [1.807, 2.05) is 43.3 Å². The number of allylic oxidation sites excluding steroid dienone is 1. The molecule has 0 amide bonds. The van der Waals surface area contributed by atoms with Gasteiger partial charge in [0.15, 0.2) is 0 Å². The topological polar surface area (TPSA) is 68.5 Å². The molecule has 5 rings (SSSR count). The van der Waals surface area contributed by atoms with Gasteiger partial charge in [-0.25, -0.2) is 9.59 Å². The van der Waals surface area contributed by atoms with Crippen molar-refractivity contribution >= 4 is 28.4 Å². The number of carbonyl (C=O) groups excluding carboxylic acids is 1. The second-order valence-electron chi connectivity index (χ2n) is 8.86. The molecule has 0 radical (unpaired) electrons. The van der Waals surface area contributed by atoms with Crippen LogP contribution < -0.4 is 0 Å². The number of aromatic nitrogens is 1. The number of methoxy groups -OCH3 is 1. The summed E-state index contributed by atoms with van der Waals surface area (Å²) in [5.41, 5.74) is 6.98. The second kappa shape index (κ2) is 7.97. The van der Waals surface area contributed by atoms with Gasteiger partial charge in [0.25, 0.3) is 0 Å². The smallest absolute Gasteiger partial charge is 0.337 e. The Morgan fingerprint density at radius 2 is 1.75 bits per heavy atom. The molecule has 0 bridgehead atoms. The number of ether oxygens (including phenoxy) is 1. The molecule has 164 valence electrons. The summed E-state index contributed by atoms with van der Waals surface area (Å²) in [6, 6.07) is 13.8. The van der Waals surface area contributed by atoms with Crippen molar-refractivity contribution in [1.82, 2.24) is 4.57 Å². The van der Waals surface area contributed by atoms with Gasteiger partial charge in [0, 0.05) is 16.5 Å². The first-order valence-electron chi connectivity index (χ1n) is 11.3. The van der Waals surface area contributed by atoms with Crippen LogP contribution in [0, 0.1) is 0 Å². The summed E-state index contributed by atoms with van der Waals surface area (Å²) in [6.45, 7) is 2.16. The molecule has 2 heterocycles. The van der Waals surface area contributed by atoms with Crippen LogP contribution >= 0.6 is 0 Å². The zero-order valence-electron chi connectivity index (χ0n) is 18.5. The molecule has 5 nitrogen and oxygen atoms in total. The molecule has 0 spiro atoms. The third kappa shape index (κ3) is 3.15. The Morgan fingerprint density at radius 1 is 1.03 bits per heavy atom. The fourth-order valence-corrected chi connectivity index (χ4v) is 5.56. The highest BCUT2D eigenvalue weighted by Crippen LogP contribution is 2.47. The Kier molecular flexibility index (Phi) is 5.12. The summed E-state index contributed by atoms with van der Waals surface area (Å²) < 4.78 is 7.07. The van der Waals surface area contributed by atoms with E-state index in [1.54, 1.807) is 0 Å². The lowest BCUT2D eigenvalue weighted by molar-refractivity contribution is -0.132. The van der Waals surface area contributed by atoms with E-state index in [0.29, 0.717) is 17.1 Å². The van der Waals surface area contributed by atoms with E-state index in [2.05, 4.69) is 10.6 Å². The van der Waals surface area contributed by atoms with Crippen LogP contribution in [-0.4, -0.2) is 28.7 Å². The highest BCUT2D eigenvalue weighted by molar-refractivity contribution is 6.03. The fourth-order valence-electron chi connectivity index (χ4n) is 5.56. The van der Waals surface area contributed by atoms with Crippen LogP contribution in [-0.2, 0) is 16.1 Å². The lowest BCUT2D eigenvalue weighted by atomic mass is 9.81. The van der Waals surface area contributed by atoms with Gasteiger partial charge in [-0.3, -0.25) is 0 Å². The molecule has 5 heteroatoms. The number of rotatable bonds is 3. The molecule has 2 aliphatic rings. The summed E-state index contributed by atoms with van der Waals surface area (Å²) >= 11 is 0. The fraction of sp³-hybridized carbons (Fsp3) is 0.333. The molecule has 1 aliphatic carbocycles. The molecule has 0 saturated heterocycles. The van der Waals surface area contributed by atoms with E-state index >= 15 is 0 Å². The van der Waals surface area contributed by atoms with Crippen molar-refractivity contribution in [1.29, 1.82) is 0 Å². The second-order valence-corrected chi connectivity index (χ2v) is 8.86. The number of aliphatic carboxylic acids is 1. The molecule has 1 fully saturated rings. The first kappa shape index (κ1) is 20.6. The van der Waals surface area contributed by atoms with Crippen molar-refractivity contribution in [2.24, 2.45) is 0 Å². The first-order valence-corrected chi connectivity index (χ1v) is 11.3. The molecule has 2 aromatic carbocycles. The van der Waals surface area contributed by atoms with Gasteiger partial charge in [0.05, 0.1) is 30.5 Å². The Morgan fingerprint density at radius 3 is 2.44 bits per heavy atom. The number of benzene rings is 2. The van der Waals surface area contributed by atoms with E-state index < -0.39 is 5.97 Å². The lowest BCUT2D eigenvalue weighted by Crippen LogP contribution is -2.11. The molecule has 0 atom stereocenters. The van der Waals surface area contributed by atoms with E-state index in [1.165, 1.54) is 31.9 Å². The van der Waals surface area contributed by atoms with E-state index in [0.717, 1.165) is 46.1 Å². The van der Waals surface area contributed by atoms with Crippen molar-refractivity contribution in [2.45, 2.75) is 51.5 Å². The molecular weight excluding hydrogens is 402 g/mol. The number of carboxylic acid groups (broad SMARTS) is 1. The summed E-state index contributed by atoms with van der Waals surface area (Å²) in [5, 5.41) is 11.2. The van der Waals surface area contributed by atoms with Gasteiger partial charge >= 0.3 is 11.9 Å². The average molecular weight is 430 g/mol. The Balaban J connectivity index is 1.88. The zero-order chi connectivity index (χ0) is 22.4. The molecule has 1 aromatic heterocycles. The molecule has 0 unspecified atom stereocenters. The molecular formula is C27H27NO4. The summed E-state index contributed by atoms with van der Waals surface area (Å²) in [6.07, 6.45) is 5.93. The highest BCUT2D eigenvalue weighted by atomic mass is 16.5. The Hall–Kier alpha value is -3.34. The highest BCUT2D eigenvalue weighted by Gasteiger charge is 2.31. The van der Waals surface area contributed by atoms with Gasteiger partial charge < -0.3 is 14.4 Å². The van der Waals surface area contributed by atoms with Gasteiger partial charge in [0.2, 0.25) is 0 Å². The largest absolute Gasteiger partial charge is 0.478 e. The van der Waals surface area contributed by atoms with E-state index in [-0.39, 0.29) is 12.5 Å². The van der Waals surface area contributed by atoms with E-state index in [9.17, 15) is 14.7 Å². The van der Waals surface area contributed by atoms with Gasteiger partial charge in [-0.2, -0.15) is 0 Å². The van der Waals surface area contributed by atoms with Crippen molar-refractivity contribution in [3.63, 3.8) is 0 Å². The summed E-state index contributed by atoms with van der Waals surface area (Å²) in [5.74, 6) is -0.873. The predicted octanol–water partition coefficient (Wildman–Crippen LogP) is 6.01. The van der Waals surface area contributed by atoms with Crippen LogP contribution in [0.1, 0.15) is 66.4 Å². The minimum absolute atomic E-state index is 0.263. The molecule has 1 saturated carbocycles. The number of carboxylic acids is 1. The molecule has 1 aliphatic heterocycles. The number of hydrogen-bond donors (Lipinski definition) is 1. The van der Waals surface area contributed by atoms with Crippen molar-refractivity contribution in [2.75, 3.05) is 7.11 Å². The zero-order valence-corrected chi connectivity index (χ0v) is 18.5. The third-order valence-corrected chi connectivity index (χ3v) is 7.15. The summed E-state index contributed by atoms with van der Waals surface area (Å²) in [4.78, 5) is 24.5. The first-order chi connectivity index (χ1) is 15.5. The minimum Gasteiger partial charge on any atom is -0.478 e. The maximum absolute atomic E-state index is 12.3. The number of nitrogens with zero attached hydrogens (tertiary/aromatic N) is 1. The maximum atomic E-state index is 12.3. The van der Waals surface area contributed by atoms with Gasteiger partial charge in [-0.15, -0.1) is 0 Å². The molecule has 3 aromatic rings. The predicted molar refractivity (Wildman–Crippen MR) is 125 cm³/mol. The molecule has 32 heavy (non-hydrogen) atoms. The van der Waals surface area contributed by atoms with Crippen LogP contribution in [0.4, 0.5) is 0 Å². The van der Waals surface area contributed by atoms with Crippen molar-refractivity contribution in [3.05, 3.63) is 64.7 Å². The average Bonchev–Trinajstić information content (AvgIpc) is 3.08. The van der Waals surface area contributed by atoms with Crippen LogP contribution in [0.15, 0.2) is 48.0 Å². The quantitative estimate of drug-likeness (QED) is 0.517. The maximum Gasteiger partial charge on any atom is 0.337 e. The van der Waals surface area contributed by atoms with Crippen LogP contribution in [0.3, 0.4) is 0 Å². The van der Waals surface area contributed by atoms with Gasteiger partial charge in [0.1, 0.15) is 0 Å². The van der Waals surface area contributed by atoms with Gasteiger partial charge in [-0.05, 0) is 54.5 Å². The number of hydrogen-bond acceptors (Lipinski definition) is 3. The summed E-state index contributed by atoms with van der Waals surface area (Å²) in [7, 11) is 1.38. The van der Waals surface area contributed by atoms with Crippen LogP contribution in [0.5, 0.6) is 0 Å². The Bertz CT molecular complexity index is 1270.